The number of hydrogen-bond acceptors (Lipinski definition) is 5. The van der Waals surface area contributed by atoms with Crippen molar-refractivity contribution in [3.05, 3.63) is 23.8 Å². The third-order valence-corrected chi connectivity index (χ3v) is 4.80. The zero-order chi connectivity index (χ0) is 19.6. The summed E-state index contributed by atoms with van der Waals surface area (Å²) < 4.78 is 11.2. The number of nitrogens with one attached hydrogen (secondary N) is 1. The Bertz CT molecular complexity index is 708. The normalized spacial score (nSPS) is 19.9. The SMILES string of the molecule is CN1c2cc(C(=O)N3CCOCC3)ccc2OCC1CC(=O)NC(C)(C)C. The van der Waals surface area contributed by atoms with Crippen LogP contribution in [0, 0.1) is 0 Å². The molecule has 2 heterocycles. The first-order valence-corrected chi connectivity index (χ1v) is 9.42. The fraction of sp³-hybridized carbons (Fsp3) is 0.600. The zero-order valence-electron chi connectivity index (χ0n) is 16.6. The molecule has 1 aromatic rings. The van der Waals surface area contributed by atoms with E-state index < -0.39 is 0 Å². The first-order valence-electron chi connectivity index (χ1n) is 9.42. The number of ether oxygens (including phenoxy) is 2. The lowest BCUT2D eigenvalue weighted by molar-refractivity contribution is -0.123. The van der Waals surface area contributed by atoms with Gasteiger partial charge in [0.25, 0.3) is 5.91 Å². The van der Waals surface area contributed by atoms with Gasteiger partial charge < -0.3 is 24.6 Å². The number of amides is 2. The van der Waals surface area contributed by atoms with E-state index in [1.807, 2.05) is 49.8 Å². The molecule has 148 valence electrons. The van der Waals surface area contributed by atoms with Gasteiger partial charge in [-0.15, -0.1) is 0 Å². The van der Waals surface area contributed by atoms with Crippen molar-refractivity contribution in [3.8, 4) is 5.75 Å². The van der Waals surface area contributed by atoms with Gasteiger partial charge in [0.15, 0.2) is 0 Å². The molecule has 1 N–H and O–H groups in total. The van der Waals surface area contributed by atoms with E-state index in [1.54, 1.807) is 6.07 Å². The molecule has 2 aliphatic heterocycles. The predicted octanol–water partition coefficient (Wildman–Crippen LogP) is 1.66. The highest BCUT2D eigenvalue weighted by Crippen LogP contribution is 2.35. The van der Waals surface area contributed by atoms with Crippen molar-refractivity contribution in [1.82, 2.24) is 10.2 Å². The van der Waals surface area contributed by atoms with Gasteiger partial charge >= 0.3 is 0 Å². The molecule has 1 fully saturated rings. The summed E-state index contributed by atoms with van der Waals surface area (Å²) in [4.78, 5) is 28.9. The van der Waals surface area contributed by atoms with Crippen LogP contribution in [0.5, 0.6) is 5.75 Å². The van der Waals surface area contributed by atoms with Crippen LogP contribution >= 0.6 is 0 Å². The number of carbonyl (C=O) groups is 2. The Hall–Kier alpha value is -2.28. The standard InChI is InChI=1S/C20H29N3O4/c1-20(2,3)21-18(24)12-15-13-27-17-6-5-14(11-16(17)22(15)4)19(25)23-7-9-26-10-8-23/h5-6,11,15H,7-10,12-13H2,1-4H3,(H,21,24). The van der Waals surface area contributed by atoms with Crippen LogP contribution in [0.2, 0.25) is 0 Å². The molecule has 0 bridgehead atoms. The highest BCUT2D eigenvalue weighted by atomic mass is 16.5. The number of carbonyl (C=O) groups excluding carboxylic acids is 2. The number of rotatable bonds is 3. The molecule has 1 atom stereocenters. The summed E-state index contributed by atoms with van der Waals surface area (Å²) in [5.41, 5.74) is 1.21. The molecule has 7 nitrogen and oxygen atoms in total. The fourth-order valence-corrected chi connectivity index (χ4v) is 3.37. The molecule has 0 spiro atoms. The van der Waals surface area contributed by atoms with Gasteiger partial charge in [-0.3, -0.25) is 9.59 Å². The Morgan fingerprint density at radius 3 is 2.59 bits per heavy atom. The van der Waals surface area contributed by atoms with E-state index in [2.05, 4.69) is 5.32 Å². The molecule has 1 unspecified atom stereocenters. The highest BCUT2D eigenvalue weighted by Gasteiger charge is 2.29. The number of nitrogens with zero attached hydrogens (tertiary/aromatic N) is 2. The van der Waals surface area contributed by atoms with E-state index in [0.717, 1.165) is 11.4 Å². The number of fused-ring (bicyclic) bond motifs is 1. The van der Waals surface area contributed by atoms with Crippen molar-refractivity contribution < 1.29 is 19.1 Å². The van der Waals surface area contributed by atoms with Gasteiger partial charge in [-0.2, -0.15) is 0 Å². The van der Waals surface area contributed by atoms with E-state index in [-0.39, 0.29) is 23.4 Å². The molecule has 7 heteroatoms. The summed E-state index contributed by atoms with van der Waals surface area (Å²) in [5.74, 6) is 0.734. The van der Waals surface area contributed by atoms with Crippen LogP contribution in [0.1, 0.15) is 37.6 Å². The smallest absolute Gasteiger partial charge is 0.254 e. The minimum Gasteiger partial charge on any atom is -0.489 e. The summed E-state index contributed by atoms with van der Waals surface area (Å²) in [6.45, 7) is 8.70. The Morgan fingerprint density at radius 1 is 1.22 bits per heavy atom. The monoisotopic (exact) mass is 375 g/mol. The number of anilines is 1. The van der Waals surface area contributed by atoms with E-state index in [9.17, 15) is 9.59 Å². The minimum absolute atomic E-state index is 0.00194. The molecular weight excluding hydrogens is 346 g/mol. The quantitative estimate of drug-likeness (QED) is 0.870. The van der Waals surface area contributed by atoms with E-state index >= 15 is 0 Å². The van der Waals surface area contributed by atoms with Crippen molar-refractivity contribution in [2.24, 2.45) is 0 Å². The summed E-state index contributed by atoms with van der Waals surface area (Å²) >= 11 is 0. The largest absolute Gasteiger partial charge is 0.489 e. The maximum Gasteiger partial charge on any atom is 0.254 e. The summed E-state index contributed by atoms with van der Waals surface area (Å²) in [6.07, 6.45) is 0.342. The van der Waals surface area contributed by atoms with E-state index in [1.165, 1.54) is 0 Å². The van der Waals surface area contributed by atoms with Crippen molar-refractivity contribution in [2.75, 3.05) is 44.9 Å². The van der Waals surface area contributed by atoms with Crippen LogP contribution in [0.25, 0.3) is 0 Å². The van der Waals surface area contributed by atoms with Crippen LogP contribution in [-0.4, -0.2) is 68.3 Å². The number of benzene rings is 1. The van der Waals surface area contributed by atoms with Crippen molar-refractivity contribution >= 4 is 17.5 Å². The van der Waals surface area contributed by atoms with Crippen LogP contribution in [0.4, 0.5) is 5.69 Å². The molecule has 2 amide bonds. The zero-order valence-corrected chi connectivity index (χ0v) is 16.6. The minimum atomic E-state index is -0.263. The summed E-state index contributed by atoms with van der Waals surface area (Å²) in [5, 5.41) is 2.99. The van der Waals surface area contributed by atoms with Gasteiger partial charge in [-0.1, -0.05) is 0 Å². The summed E-state index contributed by atoms with van der Waals surface area (Å²) in [7, 11) is 1.94. The third kappa shape index (κ3) is 4.71. The second-order valence-electron chi connectivity index (χ2n) is 8.17. The van der Waals surface area contributed by atoms with Crippen molar-refractivity contribution in [1.29, 1.82) is 0 Å². The van der Waals surface area contributed by atoms with E-state index in [0.29, 0.717) is 44.9 Å². The second-order valence-corrected chi connectivity index (χ2v) is 8.17. The molecule has 27 heavy (non-hydrogen) atoms. The molecule has 3 rings (SSSR count). The van der Waals surface area contributed by atoms with Gasteiger partial charge in [0.1, 0.15) is 12.4 Å². The van der Waals surface area contributed by atoms with Crippen LogP contribution in [0.15, 0.2) is 18.2 Å². The molecule has 2 aliphatic rings. The molecule has 1 saturated heterocycles. The topological polar surface area (TPSA) is 71.1 Å². The van der Waals surface area contributed by atoms with Gasteiger partial charge in [0.2, 0.25) is 5.91 Å². The second kappa shape index (κ2) is 7.76. The Labute approximate surface area is 160 Å². The predicted molar refractivity (Wildman–Crippen MR) is 103 cm³/mol. The Morgan fingerprint density at radius 2 is 1.93 bits per heavy atom. The van der Waals surface area contributed by atoms with Crippen LogP contribution in [0.3, 0.4) is 0 Å². The molecule has 0 aliphatic carbocycles. The average molecular weight is 375 g/mol. The van der Waals surface area contributed by atoms with Gasteiger partial charge in [0.05, 0.1) is 31.4 Å². The number of hydrogen-bond donors (Lipinski definition) is 1. The van der Waals surface area contributed by atoms with Crippen LogP contribution in [-0.2, 0) is 9.53 Å². The maximum absolute atomic E-state index is 12.8. The molecule has 0 aromatic heterocycles. The first kappa shape index (κ1) is 19.5. The lowest BCUT2D eigenvalue weighted by atomic mass is 10.0. The maximum atomic E-state index is 12.8. The van der Waals surface area contributed by atoms with Gasteiger partial charge in [0, 0.05) is 31.2 Å². The first-order chi connectivity index (χ1) is 12.7. The lowest BCUT2D eigenvalue weighted by Gasteiger charge is -2.36. The number of likely N-dealkylation sites (N-methyl/N-ethyl adjacent to an activating group) is 1. The van der Waals surface area contributed by atoms with E-state index in [4.69, 9.17) is 9.47 Å². The Balaban J connectivity index is 1.73. The molecule has 0 radical (unpaired) electrons. The van der Waals surface area contributed by atoms with Gasteiger partial charge in [-0.05, 0) is 39.0 Å². The van der Waals surface area contributed by atoms with Crippen LogP contribution < -0.4 is 15.0 Å². The average Bonchev–Trinajstić information content (AvgIpc) is 2.62. The lowest BCUT2D eigenvalue weighted by Crippen LogP contribution is -2.47. The number of morpholine rings is 1. The van der Waals surface area contributed by atoms with Crippen molar-refractivity contribution in [2.45, 2.75) is 38.8 Å². The molecular formula is C20H29N3O4. The third-order valence-electron chi connectivity index (χ3n) is 4.80. The highest BCUT2D eigenvalue weighted by molar-refractivity contribution is 5.96. The molecule has 1 aromatic carbocycles. The van der Waals surface area contributed by atoms with Gasteiger partial charge in [-0.25, -0.2) is 0 Å². The fourth-order valence-electron chi connectivity index (χ4n) is 3.37. The summed E-state index contributed by atoms with van der Waals surface area (Å²) in [6, 6.07) is 5.43. The Kier molecular flexibility index (Phi) is 5.60. The molecule has 0 saturated carbocycles. The van der Waals surface area contributed by atoms with Crippen molar-refractivity contribution in [3.63, 3.8) is 0 Å².